The zero-order valence-corrected chi connectivity index (χ0v) is 5.85. The molecular weight excluding hydrogens is 120 g/mol. The molecule has 1 fully saturated rings. The van der Waals surface area contributed by atoms with E-state index < -0.39 is 0 Å². The Morgan fingerprint density at radius 1 is 1.67 bits per heavy atom. The van der Waals surface area contributed by atoms with Gasteiger partial charge in [-0.15, -0.1) is 0 Å². The summed E-state index contributed by atoms with van der Waals surface area (Å²) in [4.78, 5) is 9.82. The molecule has 0 amide bonds. The predicted molar refractivity (Wildman–Crippen MR) is 33.1 cm³/mol. The Hall–Kier alpha value is -0.570. The summed E-state index contributed by atoms with van der Waals surface area (Å²) in [5, 5.41) is 0. The number of rotatable bonds is 1. The summed E-state index contributed by atoms with van der Waals surface area (Å²) in [6, 6.07) is 0. The van der Waals surface area contributed by atoms with E-state index in [0.29, 0.717) is 6.61 Å². The van der Waals surface area contributed by atoms with Crippen molar-refractivity contribution in [2.24, 2.45) is 0 Å². The summed E-state index contributed by atoms with van der Waals surface area (Å²) < 4.78 is 8.90. The van der Waals surface area contributed by atoms with Crippen molar-refractivity contribution >= 4 is 5.97 Å². The van der Waals surface area contributed by atoms with Crippen LogP contribution in [0.25, 0.3) is 0 Å². The minimum Gasteiger partial charge on any atom is -0.466 e. The summed E-state index contributed by atoms with van der Waals surface area (Å²) in [5.74, 6) is -0.211. The standard InChI is InChI=1S/C4H8O2.C2H4O/c1-3-6-4(2)5;1-2-3-1/h3H2,1-2H3;1-2H2. The van der Waals surface area contributed by atoms with E-state index in [1.165, 1.54) is 6.92 Å². The van der Waals surface area contributed by atoms with E-state index in [1.807, 2.05) is 0 Å². The molecule has 3 heteroatoms. The smallest absolute Gasteiger partial charge is 0.302 e. The molecule has 0 saturated carbocycles. The van der Waals surface area contributed by atoms with Crippen LogP contribution in [-0.4, -0.2) is 25.8 Å². The third-order valence-electron chi connectivity index (χ3n) is 0.552. The molecule has 54 valence electrons. The predicted octanol–water partition coefficient (Wildman–Crippen LogP) is 0.586. The highest BCUT2D eigenvalue weighted by Crippen LogP contribution is 1.84. The van der Waals surface area contributed by atoms with Gasteiger partial charge in [-0.2, -0.15) is 0 Å². The van der Waals surface area contributed by atoms with E-state index >= 15 is 0 Å². The van der Waals surface area contributed by atoms with Gasteiger partial charge in [-0.25, -0.2) is 0 Å². The maximum atomic E-state index is 9.82. The molecule has 1 aliphatic rings. The lowest BCUT2D eigenvalue weighted by Crippen LogP contribution is -1.95. The van der Waals surface area contributed by atoms with Gasteiger partial charge in [-0.1, -0.05) is 0 Å². The monoisotopic (exact) mass is 132 g/mol. The zero-order chi connectivity index (χ0) is 7.11. The Labute approximate surface area is 55.0 Å². The third kappa shape index (κ3) is 18.6. The largest absolute Gasteiger partial charge is 0.466 e. The van der Waals surface area contributed by atoms with Gasteiger partial charge in [0.15, 0.2) is 0 Å². The van der Waals surface area contributed by atoms with Gasteiger partial charge in [0.2, 0.25) is 0 Å². The van der Waals surface area contributed by atoms with E-state index in [1.54, 1.807) is 6.92 Å². The highest BCUT2D eigenvalue weighted by Gasteiger charge is 1.94. The number of esters is 1. The highest BCUT2D eigenvalue weighted by molar-refractivity contribution is 5.65. The lowest BCUT2D eigenvalue weighted by molar-refractivity contribution is -0.140. The SMILES string of the molecule is C1CO1.CCOC(C)=O. The second-order valence-electron chi connectivity index (χ2n) is 1.54. The molecule has 0 aromatic carbocycles. The van der Waals surface area contributed by atoms with E-state index in [-0.39, 0.29) is 5.97 Å². The van der Waals surface area contributed by atoms with Gasteiger partial charge in [-0.05, 0) is 6.92 Å². The topological polar surface area (TPSA) is 38.8 Å². The van der Waals surface area contributed by atoms with Crippen LogP contribution in [0.4, 0.5) is 0 Å². The first-order chi connectivity index (χ1) is 4.27. The fraction of sp³-hybridized carbons (Fsp3) is 0.833. The zero-order valence-electron chi connectivity index (χ0n) is 5.85. The minimum atomic E-state index is -0.211. The maximum Gasteiger partial charge on any atom is 0.302 e. The van der Waals surface area contributed by atoms with E-state index in [4.69, 9.17) is 0 Å². The average molecular weight is 132 g/mol. The molecule has 0 aromatic rings. The van der Waals surface area contributed by atoms with Crippen LogP contribution in [0, 0.1) is 0 Å². The van der Waals surface area contributed by atoms with Crippen LogP contribution in [0.1, 0.15) is 13.8 Å². The van der Waals surface area contributed by atoms with Crippen molar-refractivity contribution in [1.82, 2.24) is 0 Å². The van der Waals surface area contributed by atoms with Crippen molar-refractivity contribution in [1.29, 1.82) is 0 Å². The lowest BCUT2D eigenvalue weighted by atomic mass is 10.8. The van der Waals surface area contributed by atoms with Crippen LogP contribution < -0.4 is 0 Å². The molecule has 0 aliphatic carbocycles. The molecule has 0 unspecified atom stereocenters. The number of hydrogen-bond acceptors (Lipinski definition) is 3. The average Bonchev–Trinajstić information content (AvgIpc) is 2.45. The minimum absolute atomic E-state index is 0.211. The van der Waals surface area contributed by atoms with E-state index in [0.717, 1.165) is 13.2 Å². The van der Waals surface area contributed by atoms with Gasteiger partial charge >= 0.3 is 5.97 Å². The van der Waals surface area contributed by atoms with Gasteiger partial charge in [0.1, 0.15) is 0 Å². The second kappa shape index (κ2) is 5.56. The normalized spacial score (nSPS) is 13.1. The Bertz CT molecular complexity index is 75.6. The van der Waals surface area contributed by atoms with Crippen molar-refractivity contribution in [3.8, 4) is 0 Å². The summed E-state index contributed by atoms with van der Waals surface area (Å²) >= 11 is 0. The van der Waals surface area contributed by atoms with E-state index in [9.17, 15) is 4.79 Å². The van der Waals surface area contributed by atoms with Crippen molar-refractivity contribution in [3.63, 3.8) is 0 Å². The number of carbonyl (C=O) groups is 1. The lowest BCUT2D eigenvalue weighted by Gasteiger charge is -1.89. The summed E-state index contributed by atoms with van der Waals surface area (Å²) in [5.41, 5.74) is 0. The fourth-order valence-corrected chi connectivity index (χ4v) is 0.203. The Kier molecular flexibility index (Phi) is 5.21. The highest BCUT2D eigenvalue weighted by atomic mass is 16.6. The summed E-state index contributed by atoms with van der Waals surface area (Å²) in [6.45, 7) is 5.65. The first-order valence-electron chi connectivity index (χ1n) is 2.98. The van der Waals surface area contributed by atoms with Crippen LogP contribution in [0.3, 0.4) is 0 Å². The molecule has 0 bridgehead atoms. The molecule has 0 atom stereocenters. The van der Waals surface area contributed by atoms with Crippen LogP contribution in [0.2, 0.25) is 0 Å². The van der Waals surface area contributed by atoms with Crippen molar-refractivity contribution < 1.29 is 14.3 Å². The van der Waals surface area contributed by atoms with Gasteiger partial charge in [0.05, 0.1) is 19.8 Å². The molecule has 1 aliphatic heterocycles. The van der Waals surface area contributed by atoms with Crippen molar-refractivity contribution in [2.75, 3.05) is 19.8 Å². The molecule has 1 saturated heterocycles. The second-order valence-corrected chi connectivity index (χ2v) is 1.54. The molecule has 1 rings (SSSR count). The fourth-order valence-electron chi connectivity index (χ4n) is 0.203. The number of ether oxygens (including phenoxy) is 2. The van der Waals surface area contributed by atoms with Crippen LogP contribution >= 0.6 is 0 Å². The van der Waals surface area contributed by atoms with E-state index in [2.05, 4.69) is 9.47 Å². The Balaban J connectivity index is 0.000000173. The summed E-state index contributed by atoms with van der Waals surface area (Å²) in [7, 11) is 0. The number of carbonyl (C=O) groups excluding carboxylic acids is 1. The van der Waals surface area contributed by atoms with Crippen LogP contribution in [-0.2, 0) is 14.3 Å². The Morgan fingerprint density at radius 3 is 2.11 bits per heavy atom. The molecule has 0 radical (unpaired) electrons. The molecule has 0 spiro atoms. The number of hydrogen-bond donors (Lipinski definition) is 0. The molecule has 1 heterocycles. The van der Waals surface area contributed by atoms with Crippen molar-refractivity contribution in [3.05, 3.63) is 0 Å². The van der Waals surface area contributed by atoms with Gasteiger partial charge < -0.3 is 9.47 Å². The van der Waals surface area contributed by atoms with Gasteiger partial charge in [-0.3, -0.25) is 4.79 Å². The molecule has 3 nitrogen and oxygen atoms in total. The maximum absolute atomic E-state index is 9.82. The molecule has 9 heavy (non-hydrogen) atoms. The molecule has 0 aromatic heterocycles. The van der Waals surface area contributed by atoms with Gasteiger partial charge in [0.25, 0.3) is 0 Å². The number of epoxide rings is 1. The molecular formula is C6H12O3. The summed E-state index contributed by atoms with van der Waals surface area (Å²) in [6.07, 6.45) is 0. The first-order valence-corrected chi connectivity index (χ1v) is 2.98. The first kappa shape index (κ1) is 8.43. The molecule has 0 N–H and O–H groups in total. The Morgan fingerprint density at radius 2 is 2.11 bits per heavy atom. The van der Waals surface area contributed by atoms with Crippen molar-refractivity contribution in [2.45, 2.75) is 13.8 Å². The third-order valence-corrected chi connectivity index (χ3v) is 0.552. The van der Waals surface area contributed by atoms with Crippen LogP contribution in [0.5, 0.6) is 0 Å². The van der Waals surface area contributed by atoms with Gasteiger partial charge in [0, 0.05) is 6.92 Å². The van der Waals surface area contributed by atoms with Crippen LogP contribution in [0.15, 0.2) is 0 Å². The quantitative estimate of drug-likeness (QED) is 0.387.